The number of ether oxygens (including phenoxy) is 1. The van der Waals surface area contributed by atoms with Gasteiger partial charge in [-0.1, -0.05) is 6.07 Å². The van der Waals surface area contributed by atoms with Crippen LogP contribution in [0.15, 0.2) is 48.5 Å². The molecular weight excluding hydrogens is 507 g/mol. The number of anilines is 1. The van der Waals surface area contributed by atoms with E-state index in [-0.39, 0.29) is 5.91 Å². The number of rotatable bonds is 10. The summed E-state index contributed by atoms with van der Waals surface area (Å²) in [6.45, 7) is 8.62. The van der Waals surface area contributed by atoms with Gasteiger partial charge in [0.1, 0.15) is 17.5 Å². The van der Waals surface area contributed by atoms with Gasteiger partial charge in [-0.05, 0) is 88.1 Å². The average molecular weight is 545 g/mol. The number of nitriles is 1. The number of nitrogens with zero attached hydrogens (tertiary/aromatic N) is 5. The number of benzene rings is 1. The van der Waals surface area contributed by atoms with Crippen LogP contribution in [-0.2, 0) is 6.54 Å². The van der Waals surface area contributed by atoms with Gasteiger partial charge in [-0.25, -0.2) is 9.97 Å². The fourth-order valence-electron chi connectivity index (χ4n) is 5.44. The van der Waals surface area contributed by atoms with E-state index in [0.29, 0.717) is 47.7 Å². The fraction of sp³-hybridized carbons (Fsp3) is 0.419. The Morgan fingerprint density at radius 2 is 1.93 bits per heavy atom. The lowest BCUT2D eigenvalue weighted by molar-refractivity contribution is 0.0943. The van der Waals surface area contributed by atoms with Crippen molar-refractivity contribution in [1.29, 1.82) is 5.26 Å². The van der Waals surface area contributed by atoms with Crippen LogP contribution in [0.1, 0.15) is 59.2 Å². The zero-order valence-corrected chi connectivity index (χ0v) is 23.7. The molecule has 1 saturated heterocycles. The van der Waals surface area contributed by atoms with Crippen LogP contribution in [0.3, 0.4) is 0 Å². The normalized spacial score (nSPS) is 14.8. The SMILES string of the molecule is COc1ccc(N(Cc2cccc(C#N)n2)C2CCN([C@H](C)CCNC(=O)c3c(C)cc(F)nc3C)CC2)cc1. The Hall–Kier alpha value is -4.03. The van der Waals surface area contributed by atoms with Crippen LogP contribution in [-0.4, -0.2) is 59.6 Å². The second-order valence-electron chi connectivity index (χ2n) is 10.3. The lowest BCUT2D eigenvalue weighted by Crippen LogP contribution is -2.48. The number of pyridine rings is 2. The van der Waals surface area contributed by atoms with Crippen LogP contribution in [0.4, 0.5) is 10.1 Å². The number of hydrogen-bond acceptors (Lipinski definition) is 7. The molecule has 9 heteroatoms. The predicted octanol–water partition coefficient (Wildman–Crippen LogP) is 4.79. The van der Waals surface area contributed by atoms with Crippen molar-refractivity contribution >= 4 is 11.6 Å². The highest BCUT2D eigenvalue weighted by molar-refractivity contribution is 5.96. The van der Waals surface area contributed by atoms with E-state index < -0.39 is 5.95 Å². The quantitative estimate of drug-likeness (QED) is 0.367. The molecule has 3 heterocycles. The van der Waals surface area contributed by atoms with Crippen LogP contribution in [0.2, 0.25) is 0 Å². The van der Waals surface area contributed by atoms with Crippen molar-refractivity contribution in [2.75, 3.05) is 31.6 Å². The second-order valence-corrected chi connectivity index (χ2v) is 10.3. The van der Waals surface area contributed by atoms with Crippen molar-refractivity contribution in [3.8, 4) is 11.8 Å². The number of methoxy groups -OCH3 is 1. The van der Waals surface area contributed by atoms with E-state index in [1.807, 2.05) is 24.3 Å². The summed E-state index contributed by atoms with van der Waals surface area (Å²) in [4.78, 5) is 25.9. The largest absolute Gasteiger partial charge is 0.497 e. The minimum Gasteiger partial charge on any atom is -0.497 e. The second kappa shape index (κ2) is 13.4. The third-order valence-corrected chi connectivity index (χ3v) is 7.66. The first kappa shape index (κ1) is 29.0. The van der Waals surface area contributed by atoms with E-state index in [2.05, 4.69) is 50.2 Å². The van der Waals surface area contributed by atoms with Crippen LogP contribution in [0, 0.1) is 31.1 Å². The number of hydrogen-bond donors (Lipinski definition) is 1. The lowest BCUT2D eigenvalue weighted by atomic mass is 9.99. The van der Waals surface area contributed by atoms with Crippen molar-refractivity contribution < 1.29 is 13.9 Å². The van der Waals surface area contributed by atoms with Crippen LogP contribution >= 0.6 is 0 Å². The Morgan fingerprint density at radius 1 is 1.20 bits per heavy atom. The molecule has 1 atom stereocenters. The summed E-state index contributed by atoms with van der Waals surface area (Å²) in [5.41, 5.74) is 3.82. The number of aromatic nitrogens is 2. The Labute approximate surface area is 235 Å². The van der Waals surface area contributed by atoms with Gasteiger partial charge in [-0.2, -0.15) is 9.65 Å². The van der Waals surface area contributed by atoms with Gasteiger partial charge in [0.05, 0.1) is 30.6 Å². The zero-order chi connectivity index (χ0) is 28.6. The van der Waals surface area contributed by atoms with Crippen LogP contribution < -0.4 is 15.0 Å². The highest BCUT2D eigenvalue weighted by Crippen LogP contribution is 2.28. The molecule has 1 aliphatic rings. The number of amides is 1. The molecule has 4 rings (SSSR count). The maximum Gasteiger partial charge on any atom is 0.253 e. The van der Waals surface area contributed by atoms with Gasteiger partial charge >= 0.3 is 0 Å². The first-order chi connectivity index (χ1) is 19.3. The first-order valence-electron chi connectivity index (χ1n) is 13.7. The minimum atomic E-state index is -0.568. The van der Waals surface area contributed by atoms with Crippen molar-refractivity contribution in [1.82, 2.24) is 20.2 Å². The highest BCUT2D eigenvalue weighted by Gasteiger charge is 2.28. The summed E-state index contributed by atoms with van der Waals surface area (Å²) in [6.07, 6.45) is 2.79. The van der Waals surface area contributed by atoms with E-state index in [4.69, 9.17) is 4.74 Å². The third kappa shape index (κ3) is 7.13. The van der Waals surface area contributed by atoms with Gasteiger partial charge in [-0.15, -0.1) is 0 Å². The predicted molar refractivity (Wildman–Crippen MR) is 153 cm³/mol. The smallest absolute Gasteiger partial charge is 0.253 e. The Morgan fingerprint density at radius 3 is 2.58 bits per heavy atom. The van der Waals surface area contributed by atoms with Crippen molar-refractivity contribution in [3.05, 3.63) is 82.7 Å². The van der Waals surface area contributed by atoms with E-state index in [1.165, 1.54) is 6.07 Å². The monoisotopic (exact) mass is 544 g/mol. The fourth-order valence-corrected chi connectivity index (χ4v) is 5.44. The molecule has 0 bridgehead atoms. The molecule has 0 unspecified atom stereocenters. The Balaban J connectivity index is 1.35. The van der Waals surface area contributed by atoms with E-state index in [9.17, 15) is 14.4 Å². The summed E-state index contributed by atoms with van der Waals surface area (Å²) in [6, 6.07) is 17.7. The van der Waals surface area contributed by atoms with Crippen molar-refractivity contribution in [2.45, 2.75) is 58.7 Å². The molecule has 2 aromatic heterocycles. The number of aryl methyl sites for hydroxylation is 2. The number of nitrogens with one attached hydrogen (secondary N) is 1. The van der Waals surface area contributed by atoms with Gasteiger partial charge in [-0.3, -0.25) is 4.79 Å². The van der Waals surface area contributed by atoms with Gasteiger partial charge in [0.2, 0.25) is 5.95 Å². The standard InChI is InChI=1S/C31H37FN6O2/c1-21-18-29(32)35-23(3)30(21)31(39)34-15-12-22(2)37-16-13-27(14-17-37)38(26-8-10-28(40-4)11-9-26)20-25-7-5-6-24(19-33)36-25/h5-11,18,22,27H,12-17,20H2,1-4H3,(H,34,39)/t22-/m1/s1. The molecule has 0 spiro atoms. The highest BCUT2D eigenvalue weighted by atomic mass is 19.1. The van der Waals surface area contributed by atoms with E-state index in [1.54, 1.807) is 27.0 Å². The summed E-state index contributed by atoms with van der Waals surface area (Å²) < 4.78 is 18.9. The summed E-state index contributed by atoms with van der Waals surface area (Å²) in [7, 11) is 1.66. The average Bonchev–Trinajstić information content (AvgIpc) is 2.95. The molecule has 1 amide bonds. The first-order valence-corrected chi connectivity index (χ1v) is 13.7. The molecule has 40 heavy (non-hydrogen) atoms. The molecule has 1 N–H and O–H groups in total. The summed E-state index contributed by atoms with van der Waals surface area (Å²) in [5.74, 6) is 0.0312. The molecule has 0 saturated carbocycles. The number of piperidine rings is 1. The Kier molecular flexibility index (Phi) is 9.67. The number of carbonyl (C=O) groups excluding carboxylic acids is 1. The number of halogens is 1. The molecule has 1 aliphatic heterocycles. The Bertz CT molecular complexity index is 1330. The number of likely N-dealkylation sites (tertiary alicyclic amines) is 1. The van der Waals surface area contributed by atoms with Crippen LogP contribution in [0.25, 0.3) is 0 Å². The van der Waals surface area contributed by atoms with Gasteiger partial charge in [0, 0.05) is 37.4 Å². The summed E-state index contributed by atoms with van der Waals surface area (Å²) in [5, 5.41) is 12.3. The molecule has 8 nitrogen and oxygen atoms in total. The van der Waals surface area contributed by atoms with Gasteiger partial charge < -0.3 is 19.9 Å². The topological polar surface area (TPSA) is 94.4 Å². The minimum absolute atomic E-state index is 0.211. The molecule has 3 aromatic rings. The third-order valence-electron chi connectivity index (χ3n) is 7.66. The molecule has 0 radical (unpaired) electrons. The molecular formula is C31H37FN6O2. The van der Waals surface area contributed by atoms with Gasteiger partial charge in [0.15, 0.2) is 0 Å². The maximum atomic E-state index is 13.5. The van der Waals surface area contributed by atoms with Crippen LogP contribution in [0.5, 0.6) is 5.75 Å². The van der Waals surface area contributed by atoms with Crippen molar-refractivity contribution in [3.63, 3.8) is 0 Å². The maximum absolute atomic E-state index is 13.5. The van der Waals surface area contributed by atoms with E-state index in [0.717, 1.165) is 49.5 Å². The lowest BCUT2D eigenvalue weighted by Gasteiger charge is -2.41. The molecule has 1 aromatic carbocycles. The summed E-state index contributed by atoms with van der Waals surface area (Å²) >= 11 is 0. The van der Waals surface area contributed by atoms with E-state index >= 15 is 0 Å². The van der Waals surface area contributed by atoms with Gasteiger partial charge in [0.25, 0.3) is 5.91 Å². The molecule has 210 valence electrons. The molecule has 0 aliphatic carbocycles. The van der Waals surface area contributed by atoms with Crippen molar-refractivity contribution in [2.24, 2.45) is 0 Å². The number of carbonyl (C=O) groups is 1. The zero-order valence-electron chi connectivity index (χ0n) is 23.7. The molecule has 1 fully saturated rings.